The van der Waals surface area contributed by atoms with Gasteiger partial charge in [0, 0.05) is 20.1 Å². The molecule has 1 unspecified atom stereocenters. The third-order valence-electron chi connectivity index (χ3n) is 3.31. The Morgan fingerprint density at radius 1 is 1.50 bits per heavy atom. The lowest BCUT2D eigenvalue weighted by Gasteiger charge is -2.33. The summed E-state index contributed by atoms with van der Waals surface area (Å²) in [6.07, 6.45) is 1.48. The summed E-state index contributed by atoms with van der Waals surface area (Å²) in [6.45, 7) is 6.61. The molecular weight excluding hydrogens is 202 g/mol. The van der Waals surface area contributed by atoms with Gasteiger partial charge in [0.1, 0.15) is 0 Å². The molecule has 0 aliphatic rings. The minimum Gasteiger partial charge on any atom is -0.344 e. The van der Waals surface area contributed by atoms with E-state index < -0.39 is 5.41 Å². The fraction of sp³-hybridized carbons (Fsp3) is 0.833. The lowest BCUT2D eigenvalue weighted by Crippen LogP contribution is -2.47. The molecule has 0 radical (unpaired) electrons. The Morgan fingerprint density at radius 3 is 2.31 bits per heavy atom. The molecule has 2 N–H and O–H groups in total. The van der Waals surface area contributed by atoms with Crippen molar-refractivity contribution >= 4 is 5.91 Å². The number of carbonyl (C=O) groups is 1. The fourth-order valence-corrected chi connectivity index (χ4v) is 1.87. The van der Waals surface area contributed by atoms with Gasteiger partial charge in [-0.05, 0) is 19.8 Å². The minimum atomic E-state index is -0.454. The topological polar surface area (TPSA) is 70.1 Å². The maximum absolute atomic E-state index is 12.2. The highest BCUT2D eigenvalue weighted by Crippen LogP contribution is 2.27. The lowest BCUT2D eigenvalue weighted by atomic mass is 9.81. The molecular formula is C12H23N3O. The van der Waals surface area contributed by atoms with Gasteiger partial charge in [-0.3, -0.25) is 4.79 Å². The van der Waals surface area contributed by atoms with E-state index in [9.17, 15) is 4.79 Å². The first-order valence-electron chi connectivity index (χ1n) is 5.82. The van der Waals surface area contributed by atoms with Gasteiger partial charge in [-0.15, -0.1) is 0 Å². The van der Waals surface area contributed by atoms with Crippen LogP contribution >= 0.6 is 0 Å². The van der Waals surface area contributed by atoms with E-state index in [4.69, 9.17) is 11.0 Å². The van der Waals surface area contributed by atoms with Crippen molar-refractivity contribution < 1.29 is 4.79 Å². The summed E-state index contributed by atoms with van der Waals surface area (Å²) >= 11 is 0. The van der Waals surface area contributed by atoms with Crippen molar-refractivity contribution in [2.75, 3.05) is 20.1 Å². The van der Waals surface area contributed by atoms with Gasteiger partial charge < -0.3 is 10.6 Å². The summed E-state index contributed by atoms with van der Waals surface area (Å²) in [7, 11) is 1.74. The monoisotopic (exact) mass is 225 g/mol. The molecule has 0 heterocycles. The number of hydrogen-bond donors (Lipinski definition) is 1. The van der Waals surface area contributed by atoms with E-state index in [1.165, 1.54) is 0 Å². The second-order valence-corrected chi connectivity index (χ2v) is 4.41. The summed E-state index contributed by atoms with van der Waals surface area (Å²) in [4.78, 5) is 13.9. The molecule has 0 bridgehead atoms. The SMILES string of the molecule is CCC(CC)(CN)C(=O)N(C)CC(C)C#N. The molecule has 0 aliphatic heterocycles. The molecule has 0 saturated carbocycles. The normalized spacial score (nSPS) is 13.0. The number of carbonyl (C=O) groups excluding carboxylic acids is 1. The largest absolute Gasteiger partial charge is 0.344 e. The zero-order chi connectivity index (χ0) is 12.8. The van der Waals surface area contributed by atoms with E-state index >= 15 is 0 Å². The van der Waals surface area contributed by atoms with E-state index in [-0.39, 0.29) is 11.8 Å². The zero-order valence-electron chi connectivity index (χ0n) is 10.8. The van der Waals surface area contributed by atoms with Crippen LogP contribution < -0.4 is 5.73 Å². The molecule has 16 heavy (non-hydrogen) atoms. The van der Waals surface area contributed by atoms with Gasteiger partial charge in [0.25, 0.3) is 0 Å². The first kappa shape index (κ1) is 14.9. The van der Waals surface area contributed by atoms with Crippen molar-refractivity contribution in [1.29, 1.82) is 5.26 Å². The van der Waals surface area contributed by atoms with Gasteiger partial charge in [-0.2, -0.15) is 5.26 Å². The average Bonchev–Trinajstić information content (AvgIpc) is 2.31. The van der Waals surface area contributed by atoms with Gasteiger partial charge in [0.05, 0.1) is 17.4 Å². The van der Waals surface area contributed by atoms with Crippen LogP contribution in [0, 0.1) is 22.7 Å². The first-order chi connectivity index (χ1) is 7.47. The Kier molecular flexibility index (Phi) is 6.05. The average molecular weight is 225 g/mol. The lowest BCUT2D eigenvalue weighted by molar-refractivity contribution is -0.141. The number of rotatable bonds is 6. The highest BCUT2D eigenvalue weighted by atomic mass is 16.2. The number of nitrogens with zero attached hydrogens (tertiary/aromatic N) is 2. The first-order valence-corrected chi connectivity index (χ1v) is 5.82. The number of nitriles is 1. The summed E-state index contributed by atoms with van der Waals surface area (Å²) in [6, 6.07) is 2.13. The predicted molar refractivity (Wildman–Crippen MR) is 64.5 cm³/mol. The van der Waals surface area contributed by atoms with Gasteiger partial charge >= 0.3 is 0 Å². The maximum atomic E-state index is 12.2. The molecule has 0 aliphatic carbocycles. The van der Waals surface area contributed by atoms with Gasteiger partial charge in [-0.25, -0.2) is 0 Å². The molecule has 0 saturated heterocycles. The summed E-state index contributed by atoms with van der Waals surface area (Å²) in [5.74, 6) is -0.0831. The summed E-state index contributed by atoms with van der Waals surface area (Å²) in [5.41, 5.74) is 5.26. The fourth-order valence-electron chi connectivity index (χ4n) is 1.87. The third kappa shape index (κ3) is 3.21. The molecule has 92 valence electrons. The number of hydrogen-bond acceptors (Lipinski definition) is 3. The zero-order valence-corrected chi connectivity index (χ0v) is 10.8. The molecule has 1 atom stereocenters. The van der Waals surface area contributed by atoms with E-state index in [1.807, 2.05) is 20.8 Å². The Bertz CT molecular complexity index is 258. The summed E-state index contributed by atoms with van der Waals surface area (Å²) in [5, 5.41) is 8.73. The van der Waals surface area contributed by atoms with Crippen LogP contribution in [-0.4, -0.2) is 30.9 Å². The number of amides is 1. The van der Waals surface area contributed by atoms with Crippen LogP contribution in [0.25, 0.3) is 0 Å². The molecule has 0 aromatic rings. The molecule has 0 fully saturated rings. The Hall–Kier alpha value is -1.08. The highest BCUT2D eigenvalue weighted by Gasteiger charge is 2.35. The predicted octanol–water partition coefficient (Wildman–Crippen LogP) is 1.37. The maximum Gasteiger partial charge on any atom is 0.229 e. The van der Waals surface area contributed by atoms with Crippen LogP contribution in [0.4, 0.5) is 0 Å². The van der Waals surface area contributed by atoms with E-state index in [1.54, 1.807) is 11.9 Å². The van der Waals surface area contributed by atoms with E-state index in [0.29, 0.717) is 13.1 Å². The number of nitrogens with two attached hydrogens (primary N) is 1. The molecule has 0 spiro atoms. The van der Waals surface area contributed by atoms with Crippen LogP contribution in [0.3, 0.4) is 0 Å². The molecule has 0 aromatic heterocycles. The van der Waals surface area contributed by atoms with Crippen molar-refractivity contribution in [2.24, 2.45) is 17.1 Å². The molecule has 1 amide bonds. The van der Waals surface area contributed by atoms with Crippen LogP contribution in [0.1, 0.15) is 33.6 Å². The third-order valence-corrected chi connectivity index (χ3v) is 3.31. The van der Waals surface area contributed by atoms with Crippen molar-refractivity contribution in [1.82, 2.24) is 4.90 Å². The Labute approximate surface area is 98.4 Å². The summed E-state index contributed by atoms with van der Waals surface area (Å²) < 4.78 is 0. The van der Waals surface area contributed by atoms with Crippen molar-refractivity contribution in [2.45, 2.75) is 33.6 Å². The quantitative estimate of drug-likeness (QED) is 0.742. The Balaban J connectivity index is 4.69. The smallest absolute Gasteiger partial charge is 0.229 e. The minimum absolute atomic E-state index is 0.0575. The van der Waals surface area contributed by atoms with Crippen LogP contribution in [0.15, 0.2) is 0 Å². The van der Waals surface area contributed by atoms with Crippen molar-refractivity contribution in [3.05, 3.63) is 0 Å². The van der Waals surface area contributed by atoms with Crippen LogP contribution in [0.2, 0.25) is 0 Å². The van der Waals surface area contributed by atoms with E-state index in [2.05, 4.69) is 6.07 Å². The van der Waals surface area contributed by atoms with Crippen LogP contribution in [-0.2, 0) is 4.79 Å². The standard InChI is InChI=1S/C12H23N3O/c1-5-12(6-2,9-14)11(16)15(4)8-10(3)7-13/h10H,5-6,8-9,14H2,1-4H3. The molecule has 4 nitrogen and oxygen atoms in total. The van der Waals surface area contributed by atoms with Crippen molar-refractivity contribution in [3.8, 4) is 6.07 Å². The van der Waals surface area contributed by atoms with Gasteiger partial charge in [-0.1, -0.05) is 13.8 Å². The second kappa shape index (κ2) is 6.49. The van der Waals surface area contributed by atoms with Crippen molar-refractivity contribution in [3.63, 3.8) is 0 Å². The highest BCUT2D eigenvalue weighted by molar-refractivity contribution is 5.82. The van der Waals surface area contributed by atoms with Gasteiger partial charge in [0.2, 0.25) is 5.91 Å². The van der Waals surface area contributed by atoms with Crippen LogP contribution in [0.5, 0.6) is 0 Å². The molecule has 0 rings (SSSR count). The molecule has 0 aromatic carbocycles. The Morgan fingerprint density at radius 2 is 2.00 bits per heavy atom. The second-order valence-electron chi connectivity index (χ2n) is 4.41. The molecule has 4 heteroatoms. The van der Waals surface area contributed by atoms with E-state index in [0.717, 1.165) is 12.8 Å². The van der Waals surface area contributed by atoms with Gasteiger partial charge in [0.15, 0.2) is 0 Å².